The number of hydrogen-bond acceptors (Lipinski definition) is 5. The quantitative estimate of drug-likeness (QED) is 0.632. The Hall–Kier alpha value is -2.67. The van der Waals surface area contributed by atoms with Crippen molar-refractivity contribution in [3.05, 3.63) is 55.9 Å². The van der Waals surface area contributed by atoms with E-state index in [0.29, 0.717) is 28.2 Å². The number of aromatic nitrogens is 2. The van der Waals surface area contributed by atoms with Gasteiger partial charge in [-0.15, -0.1) is 11.3 Å². The number of carbonyl (C=O) groups is 1. The summed E-state index contributed by atoms with van der Waals surface area (Å²) in [7, 11) is 3.42. The zero-order valence-corrected chi connectivity index (χ0v) is 18.8. The number of nitrogens with zero attached hydrogens (tertiary/aromatic N) is 3. The maximum absolute atomic E-state index is 13.3. The number of ether oxygens (including phenoxy) is 1. The SMILES string of the molecule is COc1ccc(C)cc1CN(C)C(=O)c1sc2nc3n(c(=O)c2c1C)CCCCC3. The molecule has 0 radical (unpaired) electrons. The standard InChI is InChI=1S/C23H27N3O3S/c1-14-9-10-17(29-4)16(12-14)13-25(3)23(28)20-15(2)19-21(30-20)24-18-8-6-5-7-11-26(18)22(19)27/h9-10,12H,5-8,11,13H2,1-4H3. The second-order valence-corrected chi connectivity index (χ2v) is 9.01. The summed E-state index contributed by atoms with van der Waals surface area (Å²) in [6, 6.07) is 5.94. The Bertz CT molecular complexity index is 1180. The average Bonchev–Trinajstić information content (AvgIpc) is 2.89. The third kappa shape index (κ3) is 3.62. The molecule has 0 unspecified atom stereocenters. The van der Waals surface area contributed by atoms with Gasteiger partial charge in [0.2, 0.25) is 0 Å². The molecule has 0 saturated heterocycles. The zero-order valence-electron chi connectivity index (χ0n) is 17.9. The van der Waals surface area contributed by atoms with Gasteiger partial charge in [0.1, 0.15) is 16.4 Å². The molecule has 1 aliphatic heterocycles. The first-order chi connectivity index (χ1) is 14.4. The smallest absolute Gasteiger partial charge is 0.264 e. The average molecular weight is 426 g/mol. The fourth-order valence-corrected chi connectivity index (χ4v) is 5.33. The summed E-state index contributed by atoms with van der Waals surface area (Å²) < 4.78 is 7.26. The molecule has 0 N–H and O–H groups in total. The van der Waals surface area contributed by atoms with E-state index in [1.54, 1.807) is 19.1 Å². The van der Waals surface area contributed by atoms with E-state index >= 15 is 0 Å². The molecule has 7 heteroatoms. The molecule has 0 fully saturated rings. The van der Waals surface area contributed by atoms with Gasteiger partial charge in [0.05, 0.1) is 17.4 Å². The number of methoxy groups -OCH3 is 1. The van der Waals surface area contributed by atoms with Crippen molar-refractivity contribution in [2.24, 2.45) is 0 Å². The maximum atomic E-state index is 13.3. The first-order valence-corrected chi connectivity index (χ1v) is 11.1. The summed E-state index contributed by atoms with van der Waals surface area (Å²) >= 11 is 1.33. The maximum Gasteiger partial charge on any atom is 0.264 e. The van der Waals surface area contributed by atoms with Crippen molar-refractivity contribution in [2.75, 3.05) is 14.2 Å². The molecule has 0 saturated carbocycles. The van der Waals surface area contributed by atoms with Crippen LogP contribution in [-0.2, 0) is 19.5 Å². The highest BCUT2D eigenvalue weighted by Crippen LogP contribution is 2.30. The highest BCUT2D eigenvalue weighted by atomic mass is 32.1. The predicted molar refractivity (Wildman–Crippen MR) is 120 cm³/mol. The fraction of sp³-hybridized carbons (Fsp3) is 0.435. The number of rotatable bonds is 4. The third-order valence-electron chi connectivity index (χ3n) is 5.80. The van der Waals surface area contributed by atoms with Crippen molar-refractivity contribution < 1.29 is 9.53 Å². The van der Waals surface area contributed by atoms with Crippen LogP contribution in [0.1, 0.15) is 51.4 Å². The van der Waals surface area contributed by atoms with Gasteiger partial charge in [-0.05, 0) is 38.3 Å². The molecule has 3 aromatic rings. The van der Waals surface area contributed by atoms with Gasteiger partial charge >= 0.3 is 0 Å². The Morgan fingerprint density at radius 1 is 1.27 bits per heavy atom. The number of amides is 1. The summed E-state index contributed by atoms with van der Waals surface area (Å²) in [6.45, 7) is 5.02. The van der Waals surface area contributed by atoms with Crippen LogP contribution in [-0.4, -0.2) is 34.5 Å². The lowest BCUT2D eigenvalue weighted by atomic mass is 10.1. The lowest BCUT2D eigenvalue weighted by Gasteiger charge is -2.19. The normalized spacial score (nSPS) is 13.7. The molecule has 0 atom stereocenters. The minimum absolute atomic E-state index is 0.00675. The predicted octanol–water partition coefficient (Wildman–Crippen LogP) is 4.08. The van der Waals surface area contributed by atoms with Crippen LogP contribution in [0.25, 0.3) is 10.2 Å². The summed E-state index contributed by atoms with van der Waals surface area (Å²) in [4.78, 5) is 34.1. The number of fused-ring (bicyclic) bond motifs is 2. The van der Waals surface area contributed by atoms with E-state index < -0.39 is 0 Å². The number of thiophene rings is 1. The molecule has 30 heavy (non-hydrogen) atoms. The lowest BCUT2D eigenvalue weighted by Crippen LogP contribution is -2.26. The molecule has 1 amide bonds. The van der Waals surface area contributed by atoms with Gasteiger partial charge in [-0.1, -0.05) is 24.1 Å². The van der Waals surface area contributed by atoms with Crippen molar-refractivity contribution in [3.63, 3.8) is 0 Å². The van der Waals surface area contributed by atoms with E-state index in [4.69, 9.17) is 9.72 Å². The van der Waals surface area contributed by atoms with Crippen LogP contribution in [0.4, 0.5) is 0 Å². The molecular weight excluding hydrogens is 398 g/mol. The van der Waals surface area contributed by atoms with Crippen LogP contribution in [0, 0.1) is 13.8 Å². The molecule has 0 spiro atoms. The van der Waals surface area contributed by atoms with E-state index in [9.17, 15) is 9.59 Å². The molecule has 2 aromatic heterocycles. The van der Waals surface area contributed by atoms with Crippen molar-refractivity contribution >= 4 is 27.5 Å². The molecule has 1 aromatic carbocycles. The van der Waals surface area contributed by atoms with Crippen LogP contribution >= 0.6 is 11.3 Å². The third-order valence-corrected chi connectivity index (χ3v) is 6.97. The fourth-order valence-electron chi connectivity index (χ4n) is 4.15. The summed E-state index contributed by atoms with van der Waals surface area (Å²) in [6.07, 6.45) is 3.98. The van der Waals surface area contributed by atoms with E-state index in [1.807, 2.05) is 36.6 Å². The largest absolute Gasteiger partial charge is 0.496 e. The number of carbonyl (C=O) groups excluding carboxylic acids is 1. The Morgan fingerprint density at radius 3 is 2.83 bits per heavy atom. The molecule has 158 valence electrons. The van der Waals surface area contributed by atoms with Gasteiger partial charge in [0, 0.05) is 32.1 Å². The van der Waals surface area contributed by atoms with E-state index in [1.165, 1.54) is 11.3 Å². The first kappa shape index (κ1) is 20.6. The van der Waals surface area contributed by atoms with E-state index in [-0.39, 0.29) is 11.5 Å². The van der Waals surface area contributed by atoms with Crippen LogP contribution in [0.5, 0.6) is 5.75 Å². The van der Waals surface area contributed by atoms with Gasteiger partial charge in [0.25, 0.3) is 11.5 Å². The molecule has 3 heterocycles. The highest BCUT2D eigenvalue weighted by Gasteiger charge is 2.24. The second-order valence-electron chi connectivity index (χ2n) is 8.01. The topological polar surface area (TPSA) is 64.4 Å². The van der Waals surface area contributed by atoms with Gasteiger partial charge in [-0.25, -0.2) is 4.98 Å². The van der Waals surface area contributed by atoms with Gasteiger partial charge in [0.15, 0.2) is 0 Å². The van der Waals surface area contributed by atoms with Crippen molar-refractivity contribution in [1.82, 2.24) is 14.5 Å². The van der Waals surface area contributed by atoms with E-state index in [2.05, 4.69) is 0 Å². The molecule has 1 aliphatic rings. The van der Waals surface area contributed by atoms with Gasteiger partial charge in [-0.3, -0.25) is 14.2 Å². The van der Waals surface area contributed by atoms with Crippen LogP contribution in [0.3, 0.4) is 0 Å². The van der Waals surface area contributed by atoms with Crippen LogP contribution < -0.4 is 10.3 Å². The monoisotopic (exact) mass is 425 g/mol. The lowest BCUT2D eigenvalue weighted by molar-refractivity contribution is 0.0788. The van der Waals surface area contributed by atoms with Gasteiger partial charge < -0.3 is 9.64 Å². The summed E-state index contributed by atoms with van der Waals surface area (Å²) in [5, 5.41) is 0.593. The van der Waals surface area contributed by atoms with Crippen molar-refractivity contribution in [1.29, 1.82) is 0 Å². The van der Waals surface area contributed by atoms with Crippen LogP contribution in [0.15, 0.2) is 23.0 Å². The Kier molecular flexibility index (Phi) is 5.64. The molecule has 4 rings (SSSR count). The number of hydrogen-bond donors (Lipinski definition) is 0. The van der Waals surface area contributed by atoms with Gasteiger partial charge in [-0.2, -0.15) is 0 Å². The molecular formula is C23H27N3O3S. The Morgan fingerprint density at radius 2 is 2.07 bits per heavy atom. The summed E-state index contributed by atoms with van der Waals surface area (Å²) in [5.74, 6) is 1.51. The second kappa shape index (κ2) is 8.22. The molecule has 0 aliphatic carbocycles. The van der Waals surface area contributed by atoms with Crippen molar-refractivity contribution in [2.45, 2.75) is 52.6 Å². The minimum atomic E-state index is -0.0985. The van der Waals surface area contributed by atoms with Crippen molar-refractivity contribution in [3.8, 4) is 5.75 Å². The zero-order chi connectivity index (χ0) is 21.4. The highest BCUT2D eigenvalue weighted by molar-refractivity contribution is 7.20. The first-order valence-electron chi connectivity index (χ1n) is 10.3. The Labute approximate surface area is 180 Å². The number of aryl methyl sites for hydroxylation is 3. The molecule has 6 nitrogen and oxygen atoms in total. The summed E-state index contributed by atoms with van der Waals surface area (Å²) in [5.41, 5.74) is 2.80. The minimum Gasteiger partial charge on any atom is -0.496 e. The van der Waals surface area contributed by atoms with E-state index in [0.717, 1.165) is 53.9 Å². The number of benzene rings is 1. The van der Waals surface area contributed by atoms with Crippen LogP contribution in [0.2, 0.25) is 0 Å². The Balaban J connectivity index is 1.70. The molecule has 0 bridgehead atoms.